The Morgan fingerprint density at radius 3 is 2.88 bits per heavy atom. The van der Waals surface area contributed by atoms with Gasteiger partial charge in [0.05, 0.1) is 0 Å². The molecule has 0 bridgehead atoms. The Kier molecular flexibility index (Phi) is 7.35. The molecule has 1 saturated heterocycles. The second kappa shape index (κ2) is 9.49. The van der Waals surface area contributed by atoms with Gasteiger partial charge in [-0.25, -0.2) is 9.48 Å². The number of aromatic nitrogens is 4. The first-order valence-electron chi connectivity index (χ1n) is 8.78. The van der Waals surface area contributed by atoms with Crippen LogP contribution in [-0.2, 0) is 13.5 Å². The summed E-state index contributed by atoms with van der Waals surface area (Å²) in [5.74, 6) is 1.17. The van der Waals surface area contributed by atoms with Crippen LogP contribution in [0.2, 0.25) is 0 Å². The van der Waals surface area contributed by atoms with Crippen molar-refractivity contribution in [1.29, 1.82) is 0 Å². The zero-order chi connectivity index (χ0) is 17.6. The van der Waals surface area contributed by atoms with Crippen LogP contribution in [0, 0.1) is 5.92 Å². The highest BCUT2D eigenvalue weighted by Crippen LogP contribution is 2.23. The van der Waals surface area contributed by atoms with Gasteiger partial charge < -0.3 is 16.0 Å². The maximum absolute atomic E-state index is 12.2. The van der Waals surface area contributed by atoms with Gasteiger partial charge in [-0.3, -0.25) is 0 Å². The van der Waals surface area contributed by atoms with E-state index in [1.807, 2.05) is 18.2 Å². The molecule has 1 aliphatic rings. The van der Waals surface area contributed by atoms with Crippen LogP contribution >= 0.6 is 12.4 Å². The summed E-state index contributed by atoms with van der Waals surface area (Å²) in [6.45, 7) is 4.81. The fourth-order valence-electron chi connectivity index (χ4n) is 3.08. The van der Waals surface area contributed by atoms with Crippen molar-refractivity contribution in [3.63, 3.8) is 0 Å². The van der Waals surface area contributed by atoms with Crippen molar-refractivity contribution in [3.05, 3.63) is 23.8 Å². The van der Waals surface area contributed by atoms with Crippen molar-refractivity contribution in [1.82, 2.24) is 30.8 Å². The molecule has 1 aliphatic heterocycles. The summed E-state index contributed by atoms with van der Waals surface area (Å²) in [6, 6.07) is 5.74. The van der Waals surface area contributed by atoms with Crippen LogP contribution in [-0.4, -0.2) is 45.9 Å². The van der Waals surface area contributed by atoms with E-state index in [0.717, 1.165) is 42.7 Å². The Hall–Kier alpha value is -2.19. The highest BCUT2D eigenvalue weighted by atomic mass is 35.5. The number of hydrogen-bond donors (Lipinski definition) is 3. The molecule has 2 aromatic rings. The van der Waals surface area contributed by atoms with E-state index in [1.165, 1.54) is 6.42 Å². The Morgan fingerprint density at radius 1 is 1.38 bits per heavy atom. The molecular formula is C17H26ClN7O. The van der Waals surface area contributed by atoms with Gasteiger partial charge in [-0.2, -0.15) is 0 Å². The van der Waals surface area contributed by atoms with Gasteiger partial charge in [0.15, 0.2) is 5.82 Å². The molecule has 3 N–H and O–H groups in total. The van der Waals surface area contributed by atoms with E-state index in [9.17, 15) is 4.79 Å². The summed E-state index contributed by atoms with van der Waals surface area (Å²) in [4.78, 5) is 12.2. The van der Waals surface area contributed by atoms with Gasteiger partial charge in [-0.05, 0) is 72.5 Å². The van der Waals surface area contributed by atoms with Crippen LogP contribution in [0.4, 0.5) is 10.5 Å². The molecule has 0 unspecified atom stereocenters. The minimum atomic E-state index is -0.180. The number of rotatable bonds is 5. The number of tetrazole rings is 1. The standard InChI is InChI=1S/C17H25N7O.ClH/c1-3-12-7-14(16-21-22-23-24(16)2)9-15(8-12)20-17(25)19-11-13-5-4-6-18-10-13;/h7-9,13,18H,3-6,10-11H2,1-2H3,(H2,19,20,25);1H/t13-;/m0./s1. The SMILES string of the molecule is CCc1cc(NC(=O)NC[C@H]2CCCNC2)cc(-c2nnnn2C)c1.Cl. The lowest BCUT2D eigenvalue weighted by atomic mass is 10.00. The van der Waals surface area contributed by atoms with Crippen LogP contribution in [0.5, 0.6) is 0 Å². The molecular weight excluding hydrogens is 354 g/mol. The average Bonchev–Trinajstić information content (AvgIpc) is 3.06. The number of anilines is 1. The normalized spacial score (nSPS) is 16.6. The first kappa shape index (κ1) is 20.1. The average molecular weight is 380 g/mol. The van der Waals surface area contributed by atoms with E-state index in [-0.39, 0.29) is 18.4 Å². The number of nitrogens with zero attached hydrogens (tertiary/aromatic N) is 4. The number of nitrogens with one attached hydrogen (secondary N) is 3. The molecule has 0 saturated carbocycles. The third-order valence-electron chi connectivity index (χ3n) is 4.49. The Bertz CT molecular complexity index is 728. The molecule has 9 heteroatoms. The number of piperidine rings is 1. The summed E-state index contributed by atoms with van der Waals surface area (Å²) in [7, 11) is 1.80. The number of benzene rings is 1. The van der Waals surface area contributed by atoms with Crippen LogP contribution in [0.25, 0.3) is 11.4 Å². The zero-order valence-corrected chi connectivity index (χ0v) is 16.0. The predicted molar refractivity (Wildman–Crippen MR) is 103 cm³/mol. The van der Waals surface area contributed by atoms with Gasteiger partial charge in [0.25, 0.3) is 0 Å². The quantitative estimate of drug-likeness (QED) is 0.738. The van der Waals surface area contributed by atoms with E-state index in [4.69, 9.17) is 0 Å². The van der Waals surface area contributed by atoms with Gasteiger partial charge in [0.1, 0.15) is 0 Å². The lowest BCUT2D eigenvalue weighted by Crippen LogP contribution is -2.39. The Labute approximate surface area is 159 Å². The van der Waals surface area contributed by atoms with Crippen molar-refractivity contribution in [2.24, 2.45) is 13.0 Å². The van der Waals surface area contributed by atoms with Crippen molar-refractivity contribution in [3.8, 4) is 11.4 Å². The minimum absolute atomic E-state index is 0. The fraction of sp³-hybridized carbons (Fsp3) is 0.529. The van der Waals surface area contributed by atoms with Crippen LogP contribution < -0.4 is 16.0 Å². The van der Waals surface area contributed by atoms with E-state index >= 15 is 0 Å². The van der Waals surface area contributed by atoms with Gasteiger partial charge in [0.2, 0.25) is 0 Å². The molecule has 1 fully saturated rings. The molecule has 2 heterocycles. The third kappa shape index (κ3) is 5.15. The summed E-state index contributed by atoms with van der Waals surface area (Å²) in [6.07, 6.45) is 3.19. The first-order valence-corrected chi connectivity index (χ1v) is 8.78. The molecule has 0 aliphatic carbocycles. The molecule has 1 atom stereocenters. The Morgan fingerprint density at radius 2 is 2.23 bits per heavy atom. The predicted octanol–water partition coefficient (Wildman–Crippen LogP) is 1.98. The summed E-state index contributed by atoms with van der Waals surface area (Å²) >= 11 is 0. The van der Waals surface area contributed by atoms with Crippen LogP contribution in [0.15, 0.2) is 18.2 Å². The molecule has 1 aromatic carbocycles. The maximum atomic E-state index is 12.2. The van der Waals surface area contributed by atoms with Gasteiger partial charge in [-0.1, -0.05) is 6.92 Å². The summed E-state index contributed by atoms with van der Waals surface area (Å²) < 4.78 is 1.62. The molecule has 0 spiro atoms. The lowest BCUT2D eigenvalue weighted by molar-refractivity contribution is 0.248. The number of carbonyl (C=O) groups excluding carboxylic acids is 1. The number of halogens is 1. The molecule has 8 nitrogen and oxygen atoms in total. The number of aryl methyl sites for hydroxylation is 2. The number of urea groups is 1. The van der Waals surface area contributed by atoms with Crippen LogP contribution in [0.3, 0.4) is 0 Å². The molecule has 2 amide bonds. The topological polar surface area (TPSA) is 96.8 Å². The van der Waals surface area contributed by atoms with Crippen molar-refractivity contribution in [2.45, 2.75) is 26.2 Å². The van der Waals surface area contributed by atoms with Gasteiger partial charge >= 0.3 is 6.03 Å². The number of hydrogen-bond acceptors (Lipinski definition) is 5. The fourth-order valence-corrected chi connectivity index (χ4v) is 3.08. The smallest absolute Gasteiger partial charge is 0.319 e. The van der Waals surface area contributed by atoms with E-state index < -0.39 is 0 Å². The molecule has 0 radical (unpaired) electrons. The van der Waals surface area contributed by atoms with Gasteiger partial charge in [-0.15, -0.1) is 17.5 Å². The minimum Gasteiger partial charge on any atom is -0.338 e. The highest BCUT2D eigenvalue weighted by Gasteiger charge is 2.14. The third-order valence-corrected chi connectivity index (χ3v) is 4.49. The zero-order valence-electron chi connectivity index (χ0n) is 15.2. The van der Waals surface area contributed by atoms with Gasteiger partial charge in [0, 0.05) is 24.8 Å². The summed E-state index contributed by atoms with van der Waals surface area (Å²) in [5.41, 5.74) is 2.75. The molecule has 3 rings (SSSR count). The van der Waals surface area contributed by atoms with E-state index in [2.05, 4.69) is 38.4 Å². The Balaban J connectivity index is 0.00000243. The molecule has 1 aromatic heterocycles. The highest BCUT2D eigenvalue weighted by molar-refractivity contribution is 5.90. The maximum Gasteiger partial charge on any atom is 0.319 e. The van der Waals surface area contributed by atoms with Crippen LogP contribution in [0.1, 0.15) is 25.3 Å². The number of amides is 2. The second-order valence-corrected chi connectivity index (χ2v) is 6.45. The monoisotopic (exact) mass is 379 g/mol. The van der Waals surface area contributed by atoms with Crippen molar-refractivity contribution >= 4 is 24.1 Å². The van der Waals surface area contributed by atoms with Crippen molar-refractivity contribution < 1.29 is 4.79 Å². The summed E-state index contributed by atoms with van der Waals surface area (Å²) in [5, 5.41) is 20.9. The largest absolute Gasteiger partial charge is 0.338 e. The number of carbonyl (C=O) groups is 1. The lowest BCUT2D eigenvalue weighted by Gasteiger charge is -2.23. The molecule has 26 heavy (non-hydrogen) atoms. The molecule has 142 valence electrons. The van der Waals surface area contributed by atoms with E-state index in [1.54, 1.807) is 11.7 Å². The first-order chi connectivity index (χ1) is 12.2. The second-order valence-electron chi connectivity index (χ2n) is 6.45. The van der Waals surface area contributed by atoms with E-state index in [0.29, 0.717) is 18.3 Å². The van der Waals surface area contributed by atoms with Crippen molar-refractivity contribution in [2.75, 3.05) is 25.0 Å².